The largest absolute Gasteiger partial charge is 0.395 e. The molecular weight excluding hydrogens is 284 g/mol. The van der Waals surface area contributed by atoms with Crippen LogP contribution in [0.25, 0.3) is 10.9 Å². The molecule has 2 N–H and O–H groups in total. The van der Waals surface area contributed by atoms with Crippen molar-refractivity contribution in [2.24, 2.45) is 0 Å². The van der Waals surface area contributed by atoms with Crippen molar-refractivity contribution >= 4 is 28.5 Å². The molecule has 2 rings (SSSR count). The van der Waals surface area contributed by atoms with E-state index in [4.69, 9.17) is 0 Å². The van der Waals surface area contributed by atoms with Gasteiger partial charge in [-0.15, -0.1) is 0 Å². The number of nitrogens with one attached hydrogen (secondary N) is 1. The quantitative estimate of drug-likeness (QED) is 0.888. The number of benzene rings is 1. The van der Waals surface area contributed by atoms with Gasteiger partial charge in [-0.2, -0.15) is 11.8 Å². The fourth-order valence-electron chi connectivity index (χ4n) is 1.91. The van der Waals surface area contributed by atoms with Gasteiger partial charge < -0.3 is 10.4 Å². The maximum atomic E-state index is 13.4. The first kappa shape index (κ1) is 14.9. The number of hydrogen-bond donors (Lipinski definition) is 2. The molecule has 0 saturated carbocycles. The van der Waals surface area contributed by atoms with E-state index in [1.165, 1.54) is 18.1 Å². The summed E-state index contributed by atoms with van der Waals surface area (Å²) >= 11 is 1.52. The minimum absolute atomic E-state index is 0.0152. The highest BCUT2D eigenvalue weighted by Crippen LogP contribution is 2.24. The second-order valence-electron chi connectivity index (χ2n) is 4.40. The normalized spacial score (nSPS) is 14.2. The lowest BCUT2D eigenvalue weighted by Crippen LogP contribution is -2.31. The molecule has 7 heteroatoms. The fraction of sp³-hybridized carbons (Fsp3) is 0.385. The number of rotatable bonds is 5. The van der Waals surface area contributed by atoms with E-state index in [1.807, 2.05) is 13.2 Å². The highest BCUT2D eigenvalue weighted by molar-refractivity contribution is 7.99. The molecule has 108 valence electrons. The van der Waals surface area contributed by atoms with Crippen molar-refractivity contribution in [3.63, 3.8) is 0 Å². The van der Waals surface area contributed by atoms with Crippen molar-refractivity contribution in [3.05, 3.63) is 30.1 Å². The average molecular weight is 299 g/mol. The summed E-state index contributed by atoms with van der Waals surface area (Å²) in [6.07, 6.45) is 3.19. The van der Waals surface area contributed by atoms with E-state index in [2.05, 4.69) is 15.3 Å². The van der Waals surface area contributed by atoms with Crippen LogP contribution in [-0.2, 0) is 0 Å². The second kappa shape index (κ2) is 6.32. The standard InChI is InChI=1S/C13H15F2N3OS/c1-7(12(5-19)20-2)18-13-8-3-9(14)10(15)4-11(8)16-6-17-13/h3-4,6-7,12,19H,5H2,1-2H3,(H,16,17,18)/t7-,12-/m0/s1. The van der Waals surface area contributed by atoms with Crippen LogP contribution < -0.4 is 5.32 Å². The number of halogens is 2. The Morgan fingerprint density at radius 3 is 2.65 bits per heavy atom. The molecule has 0 aliphatic carbocycles. The molecule has 1 heterocycles. The zero-order valence-electron chi connectivity index (χ0n) is 11.1. The SMILES string of the molecule is CS[C@@H](CO)[C@H](C)Nc1ncnc2cc(F)c(F)cc12. The molecule has 0 spiro atoms. The first-order chi connectivity index (χ1) is 9.56. The van der Waals surface area contributed by atoms with Crippen molar-refractivity contribution in [2.45, 2.75) is 18.2 Å². The Bertz CT molecular complexity index is 607. The lowest BCUT2D eigenvalue weighted by Gasteiger charge is -2.22. The summed E-state index contributed by atoms with van der Waals surface area (Å²) in [6.45, 7) is 1.91. The van der Waals surface area contributed by atoms with E-state index in [-0.39, 0.29) is 17.9 Å². The Morgan fingerprint density at radius 2 is 2.00 bits per heavy atom. The van der Waals surface area contributed by atoms with Gasteiger partial charge in [0.15, 0.2) is 11.6 Å². The van der Waals surface area contributed by atoms with Gasteiger partial charge in [0.25, 0.3) is 0 Å². The third-order valence-corrected chi connectivity index (χ3v) is 4.24. The Hall–Kier alpha value is -1.47. The molecule has 1 aromatic heterocycles. The molecule has 0 bridgehead atoms. The van der Waals surface area contributed by atoms with E-state index in [9.17, 15) is 13.9 Å². The third kappa shape index (κ3) is 2.99. The summed E-state index contributed by atoms with van der Waals surface area (Å²) in [5.41, 5.74) is 0.332. The predicted molar refractivity (Wildman–Crippen MR) is 76.9 cm³/mol. The fourth-order valence-corrected chi connectivity index (χ4v) is 2.54. The summed E-state index contributed by atoms with van der Waals surface area (Å²) in [6, 6.07) is 2.04. The number of anilines is 1. The monoisotopic (exact) mass is 299 g/mol. The van der Waals surface area contributed by atoms with Gasteiger partial charge in [-0.25, -0.2) is 18.7 Å². The summed E-state index contributed by atoms with van der Waals surface area (Å²) in [5, 5.41) is 12.8. The summed E-state index contributed by atoms with van der Waals surface area (Å²) in [4.78, 5) is 7.99. The van der Waals surface area contributed by atoms with E-state index in [0.29, 0.717) is 16.7 Å². The second-order valence-corrected chi connectivity index (χ2v) is 5.47. The number of nitrogens with zero attached hydrogens (tertiary/aromatic N) is 2. The van der Waals surface area contributed by atoms with Crippen molar-refractivity contribution in [3.8, 4) is 0 Å². The molecule has 2 aromatic rings. The van der Waals surface area contributed by atoms with Crippen LogP contribution >= 0.6 is 11.8 Å². The Morgan fingerprint density at radius 1 is 1.30 bits per heavy atom. The lowest BCUT2D eigenvalue weighted by atomic mass is 10.2. The van der Waals surface area contributed by atoms with Gasteiger partial charge in [0.2, 0.25) is 0 Å². The number of aliphatic hydroxyl groups is 1. The van der Waals surface area contributed by atoms with Crippen LogP contribution in [0.3, 0.4) is 0 Å². The zero-order valence-corrected chi connectivity index (χ0v) is 11.9. The molecule has 2 atom stereocenters. The third-order valence-electron chi connectivity index (χ3n) is 3.08. The van der Waals surface area contributed by atoms with Crippen LogP contribution in [0.1, 0.15) is 6.92 Å². The summed E-state index contributed by atoms with van der Waals surface area (Å²) < 4.78 is 26.5. The van der Waals surface area contributed by atoms with Crippen molar-refractivity contribution in [1.82, 2.24) is 9.97 Å². The molecule has 0 fully saturated rings. The van der Waals surface area contributed by atoms with Crippen molar-refractivity contribution in [2.75, 3.05) is 18.2 Å². The van der Waals surface area contributed by atoms with Gasteiger partial charge in [0.05, 0.1) is 12.1 Å². The molecule has 0 unspecified atom stereocenters. The number of hydrogen-bond acceptors (Lipinski definition) is 5. The minimum atomic E-state index is -0.938. The van der Waals surface area contributed by atoms with Crippen LogP contribution in [0.5, 0.6) is 0 Å². The predicted octanol–water partition coefficient (Wildman–Crippen LogP) is 2.43. The molecule has 4 nitrogen and oxygen atoms in total. The van der Waals surface area contributed by atoms with E-state index in [1.54, 1.807) is 0 Å². The Kier molecular flexibility index (Phi) is 4.72. The van der Waals surface area contributed by atoms with Crippen LogP contribution in [0.15, 0.2) is 18.5 Å². The lowest BCUT2D eigenvalue weighted by molar-refractivity contribution is 0.288. The topological polar surface area (TPSA) is 58.0 Å². The first-order valence-electron chi connectivity index (χ1n) is 6.06. The minimum Gasteiger partial charge on any atom is -0.395 e. The highest BCUT2D eigenvalue weighted by atomic mass is 32.2. The Balaban J connectivity index is 2.37. The van der Waals surface area contributed by atoms with Crippen LogP contribution in [-0.4, -0.2) is 39.2 Å². The molecule has 0 aliphatic heterocycles. The highest BCUT2D eigenvalue weighted by Gasteiger charge is 2.17. The zero-order chi connectivity index (χ0) is 14.7. The van der Waals surface area contributed by atoms with E-state index in [0.717, 1.165) is 12.1 Å². The Labute approximate surface area is 119 Å². The molecule has 0 radical (unpaired) electrons. The number of fused-ring (bicyclic) bond motifs is 1. The summed E-state index contributed by atoms with van der Waals surface area (Å²) in [5.74, 6) is -1.45. The maximum Gasteiger partial charge on any atom is 0.161 e. The van der Waals surface area contributed by atoms with Gasteiger partial charge in [0, 0.05) is 22.7 Å². The van der Waals surface area contributed by atoms with Gasteiger partial charge in [-0.1, -0.05) is 0 Å². The molecule has 0 saturated heterocycles. The van der Waals surface area contributed by atoms with Crippen LogP contribution in [0.2, 0.25) is 0 Å². The number of aliphatic hydroxyl groups excluding tert-OH is 1. The summed E-state index contributed by atoms with van der Waals surface area (Å²) in [7, 11) is 0. The van der Waals surface area contributed by atoms with Crippen molar-refractivity contribution < 1.29 is 13.9 Å². The van der Waals surface area contributed by atoms with Gasteiger partial charge in [-0.3, -0.25) is 0 Å². The maximum absolute atomic E-state index is 13.4. The van der Waals surface area contributed by atoms with E-state index >= 15 is 0 Å². The van der Waals surface area contributed by atoms with Crippen molar-refractivity contribution in [1.29, 1.82) is 0 Å². The average Bonchev–Trinajstić information content (AvgIpc) is 2.42. The van der Waals surface area contributed by atoms with Gasteiger partial charge >= 0.3 is 0 Å². The van der Waals surface area contributed by atoms with E-state index < -0.39 is 11.6 Å². The molecule has 1 aromatic carbocycles. The first-order valence-corrected chi connectivity index (χ1v) is 7.35. The molecular formula is C13H15F2N3OS. The van der Waals surface area contributed by atoms with Gasteiger partial charge in [0.1, 0.15) is 12.1 Å². The van der Waals surface area contributed by atoms with Crippen LogP contribution in [0, 0.1) is 11.6 Å². The van der Waals surface area contributed by atoms with Gasteiger partial charge in [-0.05, 0) is 19.2 Å². The smallest absolute Gasteiger partial charge is 0.161 e. The number of aromatic nitrogens is 2. The molecule has 0 aliphatic rings. The number of thioether (sulfide) groups is 1. The molecule has 0 amide bonds. The molecule has 20 heavy (non-hydrogen) atoms. The van der Waals surface area contributed by atoms with Crippen LogP contribution in [0.4, 0.5) is 14.6 Å².